The van der Waals surface area contributed by atoms with Gasteiger partial charge in [-0.1, -0.05) is 36.9 Å². The number of rotatable bonds is 11. The van der Waals surface area contributed by atoms with Crippen LogP contribution in [-0.2, 0) is 30.4 Å². The highest BCUT2D eigenvalue weighted by Crippen LogP contribution is 2.03. The molecule has 1 aromatic carbocycles. The highest BCUT2D eigenvalue weighted by Gasteiger charge is 2.21. The van der Waals surface area contributed by atoms with E-state index in [2.05, 4.69) is 27.8 Å². The quantitative estimate of drug-likeness (QED) is 0.273. The molecule has 0 saturated carbocycles. The highest BCUT2D eigenvalue weighted by molar-refractivity contribution is 5.95. The van der Waals surface area contributed by atoms with Gasteiger partial charge in [0, 0.05) is 12.0 Å². The van der Waals surface area contributed by atoms with E-state index >= 15 is 0 Å². The van der Waals surface area contributed by atoms with Gasteiger partial charge < -0.3 is 27.0 Å². The fourth-order valence-electron chi connectivity index (χ4n) is 2.15. The summed E-state index contributed by atoms with van der Waals surface area (Å²) in [4.78, 5) is 58.3. The van der Waals surface area contributed by atoms with Gasteiger partial charge in [0.1, 0.15) is 6.04 Å². The lowest BCUT2D eigenvalue weighted by Gasteiger charge is -2.18. The van der Waals surface area contributed by atoms with Crippen LogP contribution >= 0.6 is 0 Å². The van der Waals surface area contributed by atoms with Gasteiger partial charge >= 0.3 is 0 Å². The molecular weight excluding hydrogens is 378 g/mol. The first-order valence-corrected chi connectivity index (χ1v) is 8.78. The molecule has 10 heteroatoms. The van der Waals surface area contributed by atoms with Crippen LogP contribution in [0.3, 0.4) is 0 Å². The molecule has 0 unspecified atom stereocenters. The van der Waals surface area contributed by atoms with Crippen molar-refractivity contribution in [3.63, 3.8) is 0 Å². The van der Waals surface area contributed by atoms with Crippen LogP contribution < -0.4 is 27.0 Å². The van der Waals surface area contributed by atoms with Gasteiger partial charge in [-0.15, -0.1) is 0 Å². The Hall–Kier alpha value is -3.69. The molecule has 0 fully saturated rings. The Bertz CT molecular complexity index is 778. The van der Waals surface area contributed by atoms with E-state index in [-0.39, 0.29) is 25.1 Å². The Labute approximate surface area is 168 Å². The van der Waals surface area contributed by atoms with Crippen molar-refractivity contribution in [3.8, 4) is 0 Å². The van der Waals surface area contributed by atoms with Gasteiger partial charge in [-0.05, 0) is 12.5 Å². The van der Waals surface area contributed by atoms with Crippen LogP contribution in [0, 0.1) is 0 Å². The van der Waals surface area contributed by atoms with Crippen molar-refractivity contribution in [1.82, 2.24) is 21.3 Å². The largest absolute Gasteiger partial charge is 0.368 e. The number of nitrogens with two attached hydrogens (primary N) is 1. The molecule has 1 atom stereocenters. The molecule has 0 aliphatic heterocycles. The number of amides is 5. The van der Waals surface area contributed by atoms with Crippen LogP contribution in [0.2, 0.25) is 0 Å². The van der Waals surface area contributed by atoms with Crippen LogP contribution in [0.15, 0.2) is 42.5 Å². The second kappa shape index (κ2) is 11.9. The Morgan fingerprint density at radius 1 is 0.931 bits per heavy atom. The number of nitrogens with one attached hydrogen (secondary N) is 4. The van der Waals surface area contributed by atoms with Gasteiger partial charge in [-0.2, -0.15) is 0 Å². The normalized spacial score (nSPS) is 10.9. The maximum atomic E-state index is 12.3. The van der Waals surface area contributed by atoms with Crippen molar-refractivity contribution >= 4 is 29.5 Å². The molecule has 6 N–H and O–H groups in total. The van der Waals surface area contributed by atoms with E-state index in [4.69, 9.17) is 5.73 Å². The van der Waals surface area contributed by atoms with Crippen LogP contribution in [0.5, 0.6) is 0 Å². The summed E-state index contributed by atoms with van der Waals surface area (Å²) in [7, 11) is 0. The summed E-state index contributed by atoms with van der Waals surface area (Å²) in [5.41, 5.74) is 6.06. The van der Waals surface area contributed by atoms with Crippen molar-refractivity contribution in [2.75, 3.05) is 19.6 Å². The molecule has 156 valence electrons. The Morgan fingerprint density at radius 2 is 1.55 bits per heavy atom. The van der Waals surface area contributed by atoms with E-state index in [1.165, 1.54) is 6.92 Å². The van der Waals surface area contributed by atoms with Crippen molar-refractivity contribution in [3.05, 3.63) is 48.0 Å². The van der Waals surface area contributed by atoms with Gasteiger partial charge in [0.05, 0.1) is 19.6 Å². The van der Waals surface area contributed by atoms with Gasteiger partial charge in [0.15, 0.2) is 0 Å². The molecule has 0 saturated heterocycles. The molecule has 0 aromatic heterocycles. The van der Waals surface area contributed by atoms with Crippen molar-refractivity contribution < 1.29 is 24.0 Å². The number of primary amides is 1. The third kappa shape index (κ3) is 9.70. The lowest BCUT2D eigenvalue weighted by Crippen LogP contribution is -2.52. The highest BCUT2D eigenvalue weighted by atomic mass is 16.2. The predicted octanol–water partition coefficient (Wildman–Crippen LogP) is -1.88. The van der Waals surface area contributed by atoms with Crippen LogP contribution in [0.1, 0.15) is 12.5 Å². The van der Waals surface area contributed by atoms with E-state index in [0.29, 0.717) is 0 Å². The molecule has 29 heavy (non-hydrogen) atoms. The van der Waals surface area contributed by atoms with Crippen LogP contribution in [0.4, 0.5) is 0 Å². The molecule has 0 heterocycles. The van der Waals surface area contributed by atoms with Crippen LogP contribution in [0.25, 0.3) is 0 Å². The molecule has 0 spiro atoms. The second-order valence-corrected chi connectivity index (χ2v) is 6.23. The second-order valence-electron chi connectivity index (χ2n) is 6.23. The monoisotopic (exact) mass is 403 g/mol. The minimum Gasteiger partial charge on any atom is -0.368 e. The molecule has 10 nitrogen and oxygen atoms in total. The third-order valence-electron chi connectivity index (χ3n) is 3.61. The fourth-order valence-corrected chi connectivity index (χ4v) is 2.15. The predicted molar refractivity (Wildman–Crippen MR) is 105 cm³/mol. The summed E-state index contributed by atoms with van der Waals surface area (Å²) >= 11 is 0. The van der Waals surface area contributed by atoms with E-state index in [1.54, 1.807) is 24.3 Å². The zero-order chi connectivity index (χ0) is 21.8. The summed E-state index contributed by atoms with van der Waals surface area (Å²) < 4.78 is 0. The summed E-state index contributed by atoms with van der Waals surface area (Å²) in [5, 5.41) is 9.52. The standard InChI is InChI=1S/C19H25N5O5/c1-12(2)18(28)23-10-16(26)21-11-17(27)24-14(19(29)22-9-15(20)25)8-13-6-4-3-5-7-13/h3-7,14H,1,8-11H2,2H3,(H2,20,25)(H,21,26)(H,22,29)(H,23,28)(H,24,27)/t14-/m0/s1. The maximum absolute atomic E-state index is 12.3. The van der Waals surface area contributed by atoms with E-state index in [1.807, 2.05) is 6.07 Å². The molecule has 1 rings (SSSR count). The molecule has 0 aliphatic carbocycles. The average Bonchev–Trinajstić information content (AvgIpc) is 2.68. The lowest BCUT2D eigenvalue weighted by molar-refractivity contribution is -0.130. The molecule has 5 amide bonds. The first-order valence-electron chi connectivity index (χ1n) is 8.78. The minimum atomic E-state index is -0.968. The molecule has 0 aliphatic rings. The number of benzene rings is 1. The Morgan fingerprint density at radius 3 is 2.14 bits per heavy atom. The summed E-state index contributed by atoms with van der Waals surface area (Å²) in [6.07, 6.45) is 0.180. The van der Waals surface area contributed by atoms with Gasteiger partial charge in [-0.25, -0.2) is 0 Å². The van der Waals surface area contributed by atoms with Crippen LogP contribution in [-0.4, -0.2) is 55.2 Å². The lowest BCUT2D eigenvalue weighted by atomic mass is 10.1. The summed E-state index contributed by atoms with van der Waals surface area (Å²) in [5.74, 6) is -2.96. The van der Waals surface area contributed by atoms with E-state index < -0.39 is 42.1 Å². The number of hydrogen-bond acceptors (Lipinski definition) is 5. The Balaban J connectivity index is 2.59. The zero-order valence-electron chi connectivity index (χ0n) is 16.1. The van der Waals surface area contributed by atoms with E-state index in [0.717, 1.165) is 5.56 Å². The SMILES string of the molecule is C=C(C)C(=O)NCC(=O)NCC(=O)N[C@@H](Cc1ccccc1)C(=O)NCC(N)=O. The number of carbonyl (C=O) groups excluding carboxylic acids is 5. The van der Waals surface area contributed by atoms with Gasteiger partial charge in [0.25, 0.3) is 0 Å². The van der Waals surface area contributed by atoms with Gasteiger partial charge in [0.2, 0.25) is 29.5 Å². The molecule has 0 radical (unpaired) electrons. The average molecular weight is 403 g/mol. The van der Waals surface area contributed by atoms with E-state index in [9.17, 15) is 24.0 Å². The summed E-state index contributed by atoms with van der Waals surface area (Å²) in [6.45, 7) is 3.87. The third-order valence-corrected chi connectivity index (χ3v) is 3.61. The summed E-state index contributed by atoms with van der Waals surface area (Å²) in [6, 6.07) is 7.99. The molecule has 1 aromatic rings. The van der Waals surface area contributed by atoms with Gasteiger partial charge in [-0.3, -0.25) is 24.0 Å². The maximum Gasteiger partial charge on any atom is 0.246 e. The molecule has 0 bridgehead atoms. The zero-order valence-corrected chi connectivity index (χ0v) is 16.1. The fraction of sp³-hybridized carbons (Fsp3) is 0.316. The van der Waals surface area contributed by atoms with Crippen molar-refractivity contribution in [1.29, 1.82) is 0 Å². The smallest absolute Gasteiger partial charge is 0.246 e. The first-order chi connectivity index (χ1) is 13.7. The topological polar surface area (TPSA) is 159 Å². The Kier molecular flexibility index (Phi) is 9.59. The first kappa shape index (κ1) is 23.3. The van der Waals surface area contributed by atoms with Crippen molar-refractivity contribution in [2.45, 2.75) is 19.4 Å². The number of hydrogen-bond donors (Lipinski definition) is 5. The van der Waals surface area contributed by atoms with Crippen molar-refractivity contribution in [2.24, 2.45) is 5.73 Å². The number of carbonyl (C=O) groups is 5. The minimum absolute atomic E-state index is 0.180. The molecular formula is C19H25N5O5.